The summed E-state index contributed by atoms with van der Waals surface area (Å²) in [6, 6.07) is 0.517. The van der Waals surface area contributed by atoms with Crippen molar-refractivity contribution in [3.05, 3.63) is 23.0 Å². The molecule has 1 fully saturated rings. The Morgan fingerprint density at radius 3 is 3.00 bits per heavy atom. The number of allylic oxidation sites excluding steroid dienone is 1. The third-order valence-corrected chi connectivity index (χ3v) is 4.74. The van der Waals surface area contributed by atoms with E-state index in [0.29, 0.717) is 17.4 Å². The van der Waals surface area contributed by atoms with Crippen LogP contribution < -0.4 is 5.32 Å². The largest absolute Gasteiger partial charge is 0.516 e. The first-order chi connectivity index (χ1) is 7.63. The summed E-state index contributed by atoms with van der Waals surface area (Å²) in [4.78, 5) is 0. The van der Waals surface area contributed by atoms with E-state index in [0.717, 1.165) is 6.54 Å². The molecule has 1 aliphatic heterocycles. The Kier molecular flexibility index (Phi) is 2.19. The molecule has 0 saturated carbocycles. The Morgan fingerprint density at radius 2 is 2.25 bits per heavy atom. The van der Waals surface area contributed by atoms with Gasteiger partial charge in [-0.3, -0.25) is 0 Å². The van der Waals surface area contributed by atoms with E-state index in [-0.39, 0.29) is 0 Å². The molecule has 0 amide bonds. The second-order valence-corrected chi connectivity index (χ2v) is 6.13. The van der Waals surface area contributed by atoms with Gasteiger partial charge in [-0.15, -0.1) is 0 Å². The third-order valence-electron chi connectivity index (χ3n) is 4.74. The van der Waals surface area contributed by atoms with Crippen molar-refractivity contribution in [1.82, 2.24) is 5.32 Å². The zero-order valence-electron chi connectivity index (χ0n) is 10.2. The van der Waals surface area contributed by atoms with Gasteiger partial charge < -0.3 is 10.4 Å². The first kappa shape index (κ1) is 10.4. The maximum absolute atomic E-state index is 9.26. The lowest BCUT2D eigenvalue weighted by atomic mass is 9.72. The fourth-order valence-electron chi connectivity index (χ4n) is 4.02. The molecule has 0 spiro atoms. The highest BCUT2D eigenvalue weighted by molar-refractivity contribution is 5.41. The van der Waals surface area contributed by atoms with Crippen LogP contribution in [-0.2, 0) is 0 Å². The molecule has 2 nitrogen and oxygen atoms in total. The first-order valence-corrected chi connectivity index (χ1v) is 6.42. The average Bonchev–Trinajstić information content (AvgIpc) is 2.74. The number of nitrogens with one attached hydrogen (secondary N) is 1. The van der Waals surface area contributed by atoms with Gasteiger partial charge in [0.2, 0.25) is 0 Å². The van der Waals surface area contributed by atoms with Gasteiger partial charge in [0.15, 0.2) is 0 Å². The van der Waals surface area contributed by atoms with E-state index in [2.05, 4.69) is 19.2 Å². The van der Waals surface area contributed by atoms with Crippen molar-refractivity contribution in [3.63, 3.8) is 0 Å². The Labute approximate surface area is 97.4 Å². The van der Waals surface area contributed by atoms with Gasteiger partial charge in [-0.05, 0) is 42.2 Å². The fraction of sp³-hybridized carbons (Fsp3) is 0.714. The maximum atomic E-state index is 9.26. The fourth-order valence-corrected chi connectivity index (χ4v) is 4.02. The third kappa shape index (κ3) is 1.29. The lowest BCUT2D eigenvalue weighted by Crippen LogP contribution is -2.34. The van der Waals surface area contributed by atoms with E-state index in [4.69, 9.17) is 0 Å². The molecule has 0 aromatic carbocycles. The minimum atomic E-state index is 0.366. The molecule has 2 unspecified atom stereocenters. The van der Waals surface area contributed by atoms with Crippen LogP contribution in [0.3, 0.4) is 0 Å². The van der Waals surface area contributed by atoms with Gasteiger partial charge in [-0.1, -0.05) is 19.4 Å². The van der Waals surface area contributed by atoms with Crippen LogP contribution in [0.15, 0.2) is 23.0 Å². The molecule has 0 aromatic rings. The van der Waals surface area contributed by atoms with Crippen molar-refractivity contribution < 1.29 is 5.11 Å². The number of fused-ring (bicyclic) bond motifs is 2. The van der Waals surface area contributed by atoms with Gasteiger partial charge in [0.25, 0.3) is 0 Å². The maximum Gasteiger partial charge on any atom is 0.0800 e. The topological polar surface area (TPSA) is 32.3 Å². The van der Waals surface area contributed by atoms with Crippen LogP contribution in [0.1, 0.15) is 39.5 Å². The van der Waals surface area contributed by atoms with E-state index >= 15 is 0 Å². The van der Waals surface area contributed by atoms with Crippen molar-refractivity contribution in [2.75, 3.05) is 6.54 Å². The summed E-state index contributed by atoms with van der Waals surface area (Å²) in [5.41, 5.74) is 4.92. The number of aliphatic hydroxyl groups excluding tert-OH is 1. The lowest BCUT2D eigenvalue weighted by Gasteiger charge is -2.35. The summed E-state index contributed by atoms with van der Waals surface area (Å²) in [6.07, 6.45) is 6.45. The van der Waals surface area contributed by atoms with Gasteiger partial charge in [0.05, 0.1) is 6.26 Å². The van der Waals surface area contributed by atoms with E-state index in [1.165, 1.54) is 37.5 Å². The molecule has 2 atom stereocenters. The zero-order chi connectivity index (χ0) is 11.3. The van der Waals surface area contributed by atoms with Gasteiger partial charge in [-0.25, -0.2) is 0 Å². The first-order valence-electron chi connectivity index (χ1n) is 6.42. The second-order valence-electron chi connectivity index (χ2n) is 6.13. The van der Waals surface area contributed by atoms with Crippen LogP contribution >= 0.6 is 0 Å². The number of rotatable bonds is 0. The van der Waals surface area contributed by atoms with Crippen molar-refractivity contribution >= 4 is 0 Å². The van der Waals surface area contributed by atoms with Gasteiger partial charge in [0, 0.05) is 18.5 Å². The number of aliphatic hydroxyl groups is 1. The standard InChI is InChI=1S/C14H21NO/c1-14(2)5-3-4-9-6-11-10(8-16)7-15-13(11)12(9)14/h8,11,13,15-16H,3-7H2,1-2H3/b10-8-. The lowest BCUT2D eigenvalue weighted by molar-refractivity contribution is 0.344. The molecule has 88 valence electrons. The Bertz CT molecular complexity index is 378. The molecular formula is C14H21NO. The summed E-state index contributed by atoms with van der Waals surface area (Å²) in [5.74, 6) is 0.548. The zero-order valence-corrected chi connectivity index (χ0v) is 10.2. The Balaban J connectivity index is 1.98. The van der Waals surface area contributed by atoms with Crippen molar-refractivity contribution in [1.29, 1.82) is 0 Å². The summed E-state index contributed by atoms with van der Waals surface area (Å²) < 4.78 is 0. The molecule has 16 heavy (non-hydrogen) atoms. The average molecular weight is 219 g/mol. The normalized spacial score (nSPS) is 39.0. The van der Waals surface area contributed by atoms with Crippen molar-refractivity contribution in [2.45, 2.75) is 45.6 Å². The number of hydrogen-bond acceptors (Lipinski definition) is 2. The monoisotopic (exact) mass is 219 g/mol. The van der Waals surface area contributed by atoms with E-state index < -0.39 is 0 Å². The quantitative estimate of drug-likeness (QED) is 0.485. The minimum Gasteiger partial charge on any atom is -0.516 e. The van der Waals surface area contributed by atoms with Crippen LogP contribution in [-0.4, -0.2) is 17.7 Å². The smallest absolute Gasteiger partial charge is 0.0800 e. The molecule has 3 rings (SSSR count). The molecule has 2 aliphatic carbocycles. The molecule has 1 heterocycles. The van der Waals surface area contributed by atoms with Crippen molar-refractivity contribution in [2.24, 2.45) is 11.3 Å². The second kappa shape index (κ2) is 3.36. The van der Waals surface area contributed by atoms with Crippen LogP contribution in [0, 0.1) is 11.3 Å². The highest BCUT2D eigenvalue weighted by atomic mass is 16.2. The summed E-state index contributed by atoms with van der Waals surface area (Å²) >= 11 is 0. The number of hydrogen-bond donors (Lipinski definition) is 2. The van der Waals surface area contributed by atoms with Crippen LogP contribution in [0.4, 0.5) is 0 Å². The Hall–Kier alpha value is -0.760. The van der Waals surface area contributed by atoms with E-state index in [9.17, 15) is 5.11 Å². The molecule has 0 bridgehead atoms. The summed E-state index contributed by atoms with van der Waals surface area (Å²) in [5, 5.41) is 12.8. The highest BCUT2D eigenvalue weighted by Gasteiger charge is 2.46. The van der Waals surface area contributed by atoms with Gasteiger partial charge in [-0.2, -0.15) is 0 Å². The van der Waals surface area contributed by atoms with Crippen LogP contribution in [0.2, 0.25) is 0 Å². The van der Waals surface area contributed by atoms with Crippen LogP contribution in [0.25, 0.3) is 0 Å². The minimum absolute atomic E-state index is 0.366. The molecule has 2 heteroatoms. The molecular weight excluding hydrogens is 198 g/mol. The van der Waals surface area contributed by atoms with Gasteiger partial charge in [0.1, 0.15) is 0 Å². The van der Waals surface area contributed by atoms with E-state index in [1.807, 2.05) is 0 Å². The molecule has 1 saturated heterocycles. The van der Waals surface area contributed by atoms with Gasteiger partial charge >= 0.3 is 0 Å². The molecule has 2 N–H and O–H groups in total. The predicted octanol–water partition coefficient (Wildman–Crippen LogP) is 2.93. The SMILES string of the molecule is CC1(C)CCCC2=C1C1NC/C(=C/O)C1C2. The molecule has 0 aromatic heterocycles. The highest BCUT2D eigenvalue weighted by Crippen LogP contribution is 2.52. The Morgan fingerprint density at radius 1 is 1.44 bits per heavy atom. The molecule has 3 aliphatic rings. The summed E-state index contributed by atoms with van der Waals surface area (Å²) in [7, 11) is 0. The predicted molar refractivity (Wildman–Crippen MR) is 65.3 cm³/mol. The summed E-state index contributed by atoms with van der Waals surface area (Å²) in [6.45, 7) is 5.64. The van der Waals surface area contributed by atoms with E-state index in [1.54, 1.807) is 11.1 Å². The molecule has 0 radical (unpaired) electrons. The van der Waals surface area contributed by atoms with Crippen molar-refractivity contribution in [3.8, 4) is 0 Å². The van der Waals surface area contributed by atoms with Crippen LogP contribution in [0.5, 0.6) is 0 Å².